The number of amides is 1. The van der Waals surface area contributed by atoms with Crippen molar-refractivity contribution in [1.29, 1.82) is 0 Å². The van der Waals surface area contributed by atoms with Gasteiger partial charge in [-0.25, -0.2) is 9.50 Å². The summed E-state index contributed by atoms with van der Waals surface area (Å²) in [6, 6.07) is 0.417. The molecule has 4 heterocycles. The van der Waals surface area contributed by atoms with Crippen LogP contribution in [0, 0.1) is 17.8 Å². The highest BCUT2D eigenvalue weighted by atomic mass is 16.2. The van der Waals surface area contributed by atoms with E-state index in [1.54, 1.807) is 10.7 Å². The predicted octanol–water partition coefficient (Wildman–Crippen LogP) is 3.22. The topological polar surface area (TPSA) is 53.7 Å². The predicted molar refractivity (Wildman–Crippen MR) is 108 cm³/mol. The van der Waals surface area contributed by atoms with Crippen LogP contribution in [0.25, 0.3) is 5.65 Å². The van der Waals surface area contributed by atoms with Crippen LogP contribution in [0.4, 0.5) is 0 Å². The van der Waals surface area contributed by atoms with Gasteiger partial charge in [-0.1, -0.05) is 13.8 Å². The fraction of sp³-hybridized carbons (Fsp3) is 0.682. The van der Waals surface area contributed by atoms with E-state index in [-0.39, 0.29) is 5.91 Å². The van der Waals surface area contributed by atoms with Crippen LogP contribution in [0.5, 0.6) is 0 Å². The van der Waals surface area contributed by atoms with Crippen LogP contribution in [0.15, 0.2) is 18.6 Å². The van der Waals surface area contributed by atoms with Gasteiger partial charge in [-0.2, -0.15) is 5.10 Å². The summed E-state index contributed by atoms with van der Waals surface area (Å²) < 4.78 is 1.79. The smallest absolute Gasteiger partial charge is 0.259 e. The maximum Gasteiger partial charge on any atom is 0.259 e. The fourth-order valence-corrected chi connectivity index (χ4v) is 6.04. The average molecular weight is 382 g/mol. The zero-order chi connectivity index (χ0) is 19.3. The Morgan fingerprint density at radius 2 is 1.79 bits per heavy atom. The van der Waals surface area contributed by atoms with Crippen molar-refractivity contribution in [3.8, 4) is 0 Å². The van der Waals surface area contributed by atoms with E-state index in [0.717, 1.165) is 43.6 Å². The van der Waals surface area contributed by atoms with E-state index in [1.165, 1.54) is 32.1 Å². The van der Waals surface area contributed by atoms with Crippen LogP contribution in [-0.4, -0.2) is 56.0 Å². The first-order valence-electron chi connectivity index (χ1n) is 11.0. The number of rotatable bonds is 5. The summed E-state index contributed by atoms with van der Waals surface area (Å²) in [5.41, 5.74) is 2.48. The first kappa shape index (κ1) is 18.1. The van der Waals surface area contributed by atoms with Gasteiger partial charge in [0.25, 0.3) is 5.91 Å². The molecule has 2 aromatic rings. The minimum absolute atomic E-state index is 0.136. The van der Waals surface area contributed by atoms with Gasteiger partial charge in [0, 0.05) is 37.1 Å². The zero-order valence-corrected chi connectivity index (χ0v) is 17.0. The Kier molecular flexibility index (Phi) is 4.62. The highest BCUT2D eigenvalue weighted by Crippen LogP contribution is 2.47. The molecule has 4 atom stereocenters. The molecule has 2 saturated heterocycles. The lowest BCUT2D eigenvalue weighted by Gasteiger charge is -2.38. The van der Waals surface area contributed by atoms with Crippen molar-refractivity contribution < 1.29 is 4.79 Å². The Labute approximate surface area is 166 Å². The maximum absolute atomic E-state index is 13.5. The molecule has 1 amide bonds. The molecule has 6 rings (SSSR count). The lowest BCUT2D eigenvalue weighted by Crippen LogP contribution is -2.42. The third-order valence-corrected chi connectivity index (χ3v) is 7.31. The number of hydrogen-bond donors (Lipinski definition) is 0. The Hall–Kier alpha value is -1.95. The normalized spacial score (nSPS) is 29.0. The van der Waals surface area contributed by atoms with Crippen LogP contribution in [-0.2, 0) is 6.54 Å². The second-order valence-corrected chi connectivity index (χ2v) is 9.14. The molecule has 28 heavy (non-hydrogen) atoms. The van der Waals surface area contributed by atoms with Crippen molar-refractivity contribution in [2.75, 3.05) is 19.6 Å². The second-order valence-electron chi connectivity index (χ2n) is 9.14. The molecule has 2 saturated carbocycles. The molecule has 0 radical (unpaired) electrons. The third kappa shape index (κ3) is 3.11. The van der Waals surface area contributed by atoms with Gasteiger partial charge in [0.05, 0.1) is 6.20 Å². The monoisotopic (exact) mass is 381 g/mol. The second kappa shape index (κ2) is 7.14. The molecule has 4 fully saturated rings. The molecule has 0 N–H and O–H groups in total. The van der Waals surface area contributed by atoms with Crippen LogP contribution < -0.4 is 0 Å². The van der Waals surface area contributed by atoms with Gasteiger partial charge in [0.1, 0.15) is 5.56 Å². The van der Waals surface area contributed by atoms with Crippen molar-refractivity contribution >= 4 is 11.6 Å². The molecular weight excluding hydrogens is 350 g/mol. The lowest BCUT2D eigenvalue weighted by molar-refractivity contribution is 0.0634. The Bertz CT molecular complexity index is 859. The van der Waals surface area contributed by atoms with Crippen LogP contribution in [0.3, 0.4) is 0 Å². The van der Waals surface area contributed by atoms with E-state index in [4.69, 9.17) is 0 Å². The number of carbonyl (C=O) groups excluding carboxylic acids is 1. The van der Waals surface area contributed by atoms with Gasteiger partial charge in [0.15, 0.2) is 5.65 Å². The maximum atomic E-state index is 13.5. The van der Waals surface area contributed by atoms with Crippen LogP contribution in [0.1, 0.15) is 61.9 Å². The van der Waals surface area contributed by atoms with Crippen molar-refractivity contribution in [3.05, 3.63) is 29.7 Å². The molecule has 2 aliphatic carbocycles. The molecule has 2 aliphatic heterocycles. The van der Waals surface area contributed by atoms with E-state index >= 15 is 0 Å². The SMILES string of the molecule is CCN(CC)Cc1cnc2c(C(=O)N3CC4C[C@@H]5CC3C[C@H](C4)C5)cnn2c1. The Morgan fingerprint density at radius 3 is 2.50 bits per heavy atom. The summed E-state index contributed by atoms with van der Waals surface area (Å²) in [7, 11) is 0. The largest absolute Gasteiger partial charge is 0.335 e. The molecule has 0 aromatic carbocycles. The first-order chi connectivity index (χ1) is 13.6. The Balaban J connectivity index is 1.41. The van der Waals surface area contributed by atoms with Crippen molar-refractivity contribution in [2.24, 2.45) is 17.8 Å². The highest BCUT2D eigenvalue weighted by molar-refractivity contribution is 5.99. The minimum Gasteiger partial charge on any atom is -0.335 e. The van der Waals surface area contributed by atoms with Crippen molar-refractivity contribution in [2.45, 2.75) is 58.5 Å². The third-order valence-electron chi connectivity index (χ3n) is 7.31. The summed E-state index contributed by atoms with van der Waals surface area (Å²) in [5, 5.41) is 4.48. The van der Waals surface area contributed by atoms with Gasteiger partial charge in [-0.05, 0) is 62.9 Å². The van der Waals surface area contributed by atoms with E-state index in [2.05, 4.69) is 33.7 Å². The molecule has 2 aromatic heterocycles. The van der Waals surface area contributed by atoms with Gasteiger partial charge < -0.3 is 4.90 Å². The Morgan fingerprint density at radius 1 is 1.07 bits per heavy atom. The van der Waals surface area contributed by atoms with Crippen molar-refractivity contribution in [1.82, 2.24) is 24.4 Å². The summed E-state index contributed by atoms with van der Waals surface area (Å²) >= 11 is 0. The molecule has 0 spiro atoms. The fourth-order valence-electron chi connectivity index (χ4n) is 6.04. The van der Waals surface area contributed by atoms with Gasteiger partial charge in [0.2, 0.25) is 0 Å². The molecule has 6 nitrogen and oxygen atoms in total. The van der Waals surface area contributed by atoms with Gasteiger partial charge >= 0.3 is 0 Å². The minimum atomic E-state index is 0.136. The van der Waals surface area contributed by atoms with Crippen molar-refractivity contribution in [3.63, 3.8) is 0 Å². The summed E-state index contributed by atoms with van der Waals surface area (Å²) in [4.78, 5) is 22.6. The molecule has 4 aliphatic rings. The summed E-state index contributed by atoms with van der Waals surface area (Å²) in [5.74, 6) is 2.50. The van der Waals surface area contributed by atoms with Crippen LogP contribution >= 0.6 is 0 Å². The molecule has 150 valence electrons. The number of fused-ring (bicyclic) bond motifs is 2. The average Bonchev–Trinajstić information content (AvgIpc) is 3.01. The number of hydrogen-bond acceptors (Lipinski definition) is 4. The zero-order valence-electron chi connectivity index (χ0n) is 17.0. The van der Waals surface area contributed by atoms with Crippen LogP contribution in [0.2, 0.25) is 0 Å². The molecular formula is C22H31N5O. The first-order valence-corrected chi connectivity index (χ1v) is 11.0. The number of nitrogens with zero attached hydrogens (tertiary/aromatic N) is 5. The van der Waals surface area contributed by atoms with E-state index < -0.39 is 0 Å². The quantitative estimate of drug-likeness (QED) is 0.798. The van der Waals surface area contributed by atoms with E-state index in [0.29, 0.717) is 23.2 Å². The summed E-state index contributed by atoms with van der Waals surface area (Å²) in [6.45, 7) is 8.14. The molecule has 4 bridgehead atoms. The molecule has 6 heteroatoms. The lowest BCUT2D eigenvalue weighted by atomic mass is 9.68. The van der Waals surface area contributed by atoms with E-state index in [9.17, 15) is 4.79 Å². The van der Waals surface area contributed by atoms with Gasteiger partial charge in [-0.3, -0.25) is 9.69 Å². The number of carbonyl (C=O) groups is 1. The highest BCUT2D eigenvalue weighted by Gasteiger charge is 2.44. The summed E-state index contributed by atoms with van der Waals surface area (Å²) in [6.07, 6.45) is 12.1. The van der Waals surface area contributed by atoms with E-state index in [1.807, 2.05) is 12.4 Å². The standard InChI is InChI=1S/C22H31N5O/c1-3-25(4-2)12-18-10-23-21-20(11-24-27(21)14-18)22(28)26-13-17-6-15-5-16(7-17)9-19(26)8-15/h10-11,14-17,19H,3-9,12-13H2,1-2H3/t15-,16+,17?,19?. The van der Waals surface area contributed by atoms with Gasteiger partial charge in [-0.15, -0.1) is 0 Å². The molecule has 2 unspecified atom stereocenters. The number of aromatic nitrogens is 3.